The summed E-state index contributed by atoms with van der Waals surface area (Å²) in [4.78, 5) is 0. The molecule has 37 heavy (non-hydrogen) atoms. The normalized spacial score (nSPS) is 13.4. The average Bonchev–Trinajstić information content (AvgIpc) is 3.25. The summed E-state index contributed by atoms with van der Waals surface area (Å²) in [6.07, 6.45) is 2.56. The second-order valence-corrected chi connectivity index (χ2v) is 32.2. The molecule has 3 rings (SSSR count). The van der Waals surface area contributed by atoms with Crippen LogP contribution < -0.4 is 0 Å². The van der Waals surface area contributed by atoms with Crippen LogP contribution in [0.3, 0.4) is 0 Å². The molecule has 0 aromatic heterocycles. The summed E-state index contributed by atoms with van der Waals surface area (Å²) in [6.45, 7) is 29.6. The number of nitrogens with zero attached hydrogens (tertiary/aromatic N) is 3. The summed E-state index contributed by atoms with van der Waals surface area (Å²) in [5, 5.41) is 4.44. The molecule has 2 aromatic rings. The van der Waals surface area contributed by atoms with Crippen molar-refractivity contribution >= 4 is 44.3 Å². The van der Waals surface area contributed by atoms with Crippen LogP contribution in [0.1, 0.15) is 12.8 Å². The van der Waals surface area contributed by atoms with Crippen molar-refractivity contribution in [1.29, 1.82) is 0 Å². The van der Waals surface area contributed by atoms with Crippen LogP contribution in [-0.2, 0) is 4.74 Å². The van der Waals surface area contributed by atoms with Gasteiger partial charge in [-0.15, -0.1) is 11.4 Å². The maximum absolute atomic E-state index is 4.94. The van der Waals surface area contributed by atoms with E-state index in [4.69, 9.17) is 14.0 Å². The SMILES string of the molecule is C1CCOC1.C[Si](C)(C)[N-][Si](C)(C)C.C[Si](C)(C)[N-][Si](C)(C)C.[Yb+3].c1ccc([N-]c2ccccc2)cc1. The van der Waals surface area contributed by atoms with E-state index < -0.39 is 32.9 Å². The van der Waals surface area contributed by atoms with Gasteiger partial charge in [-0.05, 0) is 12.8 Å². The fourth-order valence-electron chi connectivity index (χ4n) is 3.68. The quantitative estimate of drug-likeness (QED) is 0.273. The van der Waals surface area contributed by atoms with Gasteiger partial charge in [-0.25, -0.2) is 0 Å². The molecule has 1 aliphatic rings. The first kappa shape index (κ1) is 39.6. The predicted molar refractivity (Wildman–Crippen MR) is 176 cm³/mol. The number of para-hydroxylation sites is 2. The molecule has 9 heteroatoms. The second kappa shape index (κ2) is 19.6. The summed E-state index contributed by atoms with van der Waals surface area (Å²) in [5.74, 6) is 0. The van der Waals surface area contributed by atoms with Gasteiger partial charge >= 0.3 is 46.9 Å². The number of ether oxygens (including phenoxy) is 1. The fourth-order valence-corrected chi connectivity index (χ4v) is 19.8. The number of hydrogen-bond acceptors (Lipinski definition) is 1. The predicted octanol–water partition coefficient (Wildman–Crippen LogP) is 10.9. The summed E-state index contributed by atoms with van der Waals surface area (Å²) >= 11 is 0. The Balaban J connectivity index is 0. The number of rotatable bonds is 6. The Kier molecular flexibility index (Phi) is 21.0. The van der Waals surface area contributed by atoms with Gasteiger partial charge in [-0.3, -0.25) is 0 Å². The molecule has 0 amide bonds. The Morgan fingerprint density at radius 3 is 0.919 bits per heavy atom. The van der Waals surface area contributed by atoms with Crippen LogP contribution >= 0.6 is 0 Å². The van der Waals surface area contributed by atoms with Gasteiger partial charge in [0.1, 0.15) is 0 Å². The first-order valence-corrected chi connectivity index (χ1v) is 27.0. The van der Waals surface area contributed by atoms with Crippen molar-refractivity contribution in [3.05, 3.63) is 75.3 Å². The van der Waals surface area contributed by atoms with Crippen LogP contribution in [0.15, 0.2) is 60.7 Å². The van der Waals surface area contributed by atoms with Gasteiger partial charge in [0, 0.05) is 13.2 Å². The van der Waals surface area contributed by atoms with E-state index in [0.717, 1.165) is 24.6 Å². The Bertz CT molecular complexity index is 702. The smallest absolute Gasteiger partial charge is 0.668 e. The maximum Gasteiger partial charge on any atom is 3.00 e. The minimum Gasteiger partial charge on any atom is -0.668 e. The first-order valence-electron chi connectivity index (χ1n) is 13.2. The van der Waals surface area contributed by atoms with Crippen LogP contribution in [0, 0.1) is 46.9 Å². The molecule has 0 atom stereocenters. The van der Waals surface area contributed by atoms with Gasteiger partial charge in [0.15, 0.2) is 0 Å². The van der Waals surface area contributed by atoms with E-state index >= 15 is 0 Å². The molecule has 1 aliphatic heterocycles. The summed E-state index contributed by atoms with van der Waals surface area (Å²) in [6, 6.07) is 19.9. The van der Waals surface area contributed by atoms with Crippen molar-refractivity contribution in [3.8, 4) is 0 Å². The maximum atomic E-state index is 4.94. The molecule has 0 bridgehead atoms. The molecule has 1 fully saturated rings. The van der Waals surface area contributed by atoms with Crippen molar-refractivity contribution in [2.75, 3.05) is 13.2 Å². The molecule has 0 unspecified atom stereocenters. The van der Waals surface area contributed by atoms with Gasteiger partial charge in [0.05, 0.1) is 0 Å². The molecule has 0 saturated carbocycles. The van der Waals surface area contributed by atoms with Gasteiger partial charge in [-0.2, -0.15) is 0 Å². The Labute approximate surface area is 273 Å². The molecule has 0 aliphatic carbocycles. The largest absolute Gasteiger partial charge is 3.00 e. The standard InChI is InChI=1S/C12H10N.2C6H18NSi2.C4H8O.Yb/c1-3-7-11(8-4-1)13-12-9-5-2-6-10-12;2*1-8(2,3)7-9(4,5)6;1-2-4-5-3-1;/h1-10H;2*1-6H3;1-4H2;/q3*-1;;+3. The topological polar surface area (TPSA) is 51.5 Å². The van der Waals surface area contributed by atoms with Crippen molar-refractivity contribution in [3.63, 3.8) is 0 Å². The molecular weight excluding hydrogens is 680 g/mol. The third-order valence-electron chi connectivity index (χ3n) is 3.94. The van der Waals surface area contributed by atoms with E-state index in [1.807, 2.05) is 60.7 Å². The molecule has 1 heterocycles. The molecule has 1 saturated heterocycles. The first-order chi connectivity index (χ1) is 16.4. The van der Waals surface area contributed by atoms with Crippen molar-refractivity contribution in [2.45, 2.75) is 91.4 Å². The number of hydrogen-bond donors (Lipinski definition) is 0. The Morgan fingerprint density at radius 1 is 0.486 bits per heavy atom. The van der Waals surface area contributed by atoms with Crippen molar-refractivity contribution < 1.29 is 51.7 Å². The number of benzene rings is 2. The second-order valence-electron chi connectivity index (χ2n) is 13.0. The Morgan fingerprint density at radius 2 is 0.757 bits per heavy atom. The molecule has 0 spiro atoms. The van der Waals surface area contributed by atoms with E-state index in [1.165, 1.54) is 12.8 Å². The minimum atomic E-state index is -1.11. The Hall–Kier alpha value is 0.507. The zero-order chi connectivity index (χ0) is 27.9. The zero-order valence-electron chi connectivity index (χ0n) is 25.6. The van der Waals surface area contributed by atoms with Crippen LogP contribution in [-0.4, -0.2) is 46.2 Å². The minimum absolute atomic E-state index is 0. The average molecular weight is 734 g/mol. The van der Waals surface area contributed by atoms with Gasteiger partial charge in [0.25, 0.3) is 0 Å². The van der Waals surface area contributed by atoms with Gasteiger partial charge in [-0.1, -0.05) is 172 Å². The van der Waals surface area contributed by atoms with E-state index in [0.29, 0.717) is 0 Å². The van der Waals surface area contributed by atoms with Crippen LogP contribution in [0.4, 0.5) is 11.4 Å². The third-order valence-corrected chi connectivity index (χ3v) is 14.7. The van der Waals surface area contributed by atoms with Crippen molar-refractivity contribution in [2.24, 2.45) is 0 Å². The summed E-state index contributed by atoms with van der Waals surface area (Å²) in [5.41, 5.74) is 1.99. The van der Waals surface area contributed by atoms with Crippen LogP contribution in [0.5, 0.6) is 0 Å². The van der Waals surface area contributed by atoms with E-state index in [1.54, 1.807) is 0 Å². The summed E-state index contributed by atoms with van der Waals surface area (Å²) < 4.78 is 14.6. The van der Waals surface area contributed by atoms with E-state index in [2.05, 4.69) is 83.9 Å². The molecule has 2 aromatic carbocycles. The fraction of sp³-hybridized carbons (Fsp3) is 0.571. The molecule has 1 radical (unpaired) electrons. The van der Waals surface area contributed by atoms with Gasteiger partial charge in [0.2, 0.25) is 0 Å². The molecule has 4 nitrogen and oxygen atoms in total. The van der Waals surface area contributed by atoms with Crippen molar-refractivity contribution in [1.82, 2.24) is 0 Å². The molecule has 0 N–H and O–H groups in total. The zero-order valence-corrected chi connectivity index (χ0v) is 31.3. The summed E-state index contributed by atoms with van der Waals surface area (Å²) in [7, 11) is -4.42. The van der Waals surface area contributed by atoms with Crippen LogP contribution in [0.25, 0.3) is 14.6 Å². The van der Waals surface area contributed by atoms with E-state index in [-0.39, 0.29) is 46.9 Å². The molecular formula is C28H54N3OSi4Yb. The van der Waals surface area contributed by atoms with E-state index in [9.17, 15) is 0 Å². The monoisotopic (exact) mass is 734 g/mol. The third kappa shape index (κ3) is 30.9. The molecule has 217 valence electrons. The van der Waals surface area contributed by atoms with Gasteiger partial charge < -0.3 is 19.3 Å². The van der Waals surface area contributed by atoms with Crippen LogP contribution in [0.2, 0.25) is 78.6 Å².